The molecule has 15 heavy (non-hydrogen) atoms. The summed E-state index contributed by atoms with van der Waals surface area (Å²) in [7, 11) is 0. The summed E-state index contributed by atoms with van der Waals surface area (Å²) in [5.41, 5.74) is 2.02. The zero-order chi connectivity index (χ0) is 10.5. The molecule has 1 aliphatic carbocycles. The minimum Gasteiger partial charge on any atom is -0.361 e. The number of rotatable bonds is 2. The molecule has 3 rings (SSSR count). The Kier molecular flexibility index (Phi) is 1.80. The number of hydrogen-bond acceptors (Lipinski definition) is 1. The second-order valence-corrected chi connectivity index (χ2v) is 4.99. The number of hydrogen-bond donors (Lipinski definition) is 1. The average Bonchev–Trinajstić information content (AvgIpc) is 2.92. The van der Waals surface area contributed by atoms with E-state index in [1.807, 2.05) is 24.4 Å². The number of fused-ring (bicyclic) bond motifs is 1. The van der Waals surface area contributed by atoms with E-state index in [0.29, 0.717) is 0 Å². The van der Waals surface area contributed by atoms with Crippen LogP contribution in [0, 0.1) is 0 Å². The molecule has 0 radical (unpaired) electrons. The van der Waals surface area contributed by atoms with Crippen LogP contribution in [0.1, 0.15) is 18.4 Å². The minimum atomic E-state index is -0.206. The highest BCUT2D eigenvalue weighted by atomic mass is 79.9. The number of carbonyl (C=O) groups is 1. The fourth-order valence-electron chi connectivity index (χ4n) is 2.12. The minimum absolute atomic E-state index is 0.206. The normalized spacial score (nSPS) is 17.9. The first-order chi connectivity index (χ1) is 7.27. The molecule has 0 spiro atoms. The smallest absolute Gasteiger partial charge is 0.130 e. The van der Waals surface area contributed by atoms with Gasteiger partial charge in [0.15, 0.2) is 0 Å². The molecule has 1 aromatic carbocycles. The van der Waals surface area contributed by atoms with Crippen molar-refractivity contribution in [1.29, 1.82) is 0 Å². The van der Waals surface area contributed by atoms with Crippen LogP contribution in [0.5, 0.6) is 0 Å². The van der Waals surface area contributed by atoms with Gasteiger partial charge in [-0.1, -0.05) is 22.0 Å². The Labute approximate surface area is 95.8 Å². The molecule has 0 aliphatic heterocycles. The molecule has 1 fully saturated rings. The number of aromatic nitrogens is 1. The van der Waals surface area contributed by atoms with E-state index in [1.54, 1.807) is 0 Å². The first-order valence-corrected chi connectivity index (χ1v) is 5.78. The number of aldehydes is 1. The number of H-pyrrole nitrogens is 1. The van der Waals surface area contributed by atoms with E-state index >= 15 is 0 Å². The van der Waals surface area contributed by atoms with Crippen LogP contribution in [-0.4, -0.2) is 11.3 Å². The number of halogens is 1. The fraction of sp³-hybridized carbons (Fsp3) is 0.250. The maximum atomic E-state index is 11.1. The quantitative estimate of drug-likeness (QED) is 0.830. The maximum Gasteiger partial charge on any atom is 0.130 e. The van der Waals surface area contributed by atoms with E-state index in [4.69, 9.17) is 0 Å². The van der Waals surface area contributed by atoms with Gasteiger partial charge < -0.3 is 9.78 Å². The summed E-state index contributed by atoms with van der Waals surface area (Å²) in [5, 5.41) is 1.15. The van der Waals surface area contributed by atoms with Gasteiger partial charge in [0.1, 0.15) is 6.29 Å². The third-order valence-electron chi connectivity index (χ3n) is 3.21. The monoisotopic (exact) mass is 263 g/mol. The molecule has 1 saturated carbocycles. The summed E-state index contributed by atoms with van der Waals surface area (Å²) >= 11 is 3.54. The Morgan fingerprint density at radius 1 is 1.40 bits per heavy atom. The Bertz CT molecular complexity index is 540. The molecule has 2 aromatic rings. The molecule has 1 aliphatic rings. The van der Waals surface area contributed by atoms with Gasteiger partial charge in [0.2, 0.25) is 0 Å². The van der Waals surface area contributed by atoms with Gasteiger partial charge in [-0.05, 0) is 30.5 Å². The number of carbonyl (C=O) groups excluding carboxylic acids is 1. The second kappa shape index (κ2) is 2.95. The molecule has 0 amide bonds. The molecule has 0 saturated heterocycles. The van der Waals surface area contributed by atoms with Gasteiger partial charge >= 0.3 is 0 Å². The maximum absolute atomic E-state index is 11.1. The van der Waals surface area contributed by atoms with Crippen LogP contribution in [-0.2, 0) is 10.2 Å². The molecular weight excluding hydrogens is 254 g/mol. The highest BCUT2D eigenvalue weighted by Crippen LogP contribution is 2.49. The summed E-state index contributed by atoms with van der Waals surface area (Å²) in [6.07, 6.45) is 5.02. The highest BCUT2D eigenvalue weighted by molar-refractivity contribution is 9.10. The van der Waals surface area contributed by atoms with E-state index in [9.17, 15) is 4.79 Å². The third kappa shape index (κ3) is 1.19. The van der Waals surface area contributed by atoms with E-state index < -0.39 is 0 Å². The fourth-order valence-corrected chi connectivity index (χ4v) is 2.70. The average molecular weight is 264 g/mol. The van der Waals surface area contributed by atoms with Crippen LogP contribution in [0.3, 0.4) is 0 Å². The highest BCUT2D eigenvalue weighted by Gasteiger charge is 2.46. The van der Waals surface area contributed by atoms with E-state index in [2.05, 4.69) is 20.9 Å². The Balaban J connectivity index is 2.32. The standard InChI is InChI=1S/C12H10BrNO/c13-9-2-1-3-10-11(9)8(6-14-10)12(7-15)4-5-12/h1-3,6-7,14H,4-5H2. The third-order valence-corrected chi connectivity index (χ3v) is 3.87. The Hall–Kier alpha value is -1.09. The van der Waals surface area contributed by atoms with Crippen molar-refractivity contribution in [3.8, 4) is 0 Å². The van der Waals surface area contributed by atoms with Crippen molar-refractivity contribution >= 4 is 33.1 Å². The topological polar surface area (TPSA) is 32.9 Å². The van der Waals surface area contributed by atoms with Gasteiger partial charge in [-0.3, -0.25) is 0 Å². The number of nitrogens with one attached hydrogen (secondary N) is 1. The van der Waals surface area contributed by atoms with Crippen LogP contribution < -0.4 is 0 Å². The SMILES string of the molecule is O=CC1(c2c[nH]c3cccc(Br)c23)CC1. The van der Waals surface area contributed by atoms with Crippen molar-refractivity contribution in [3.63, 3.8) is 0 Å². The molecule has 0 unspecified atom stereocenters. The second-order valence-electron chi connectivity index (χ2n) is 4.14. The van der Waals surface area contributed by atoms with Gasteiger partial charge in [-0.15, -0.1) is 0 Å². The zero-order valence-electron chi connectivity index (χ0n) is 8.09. The van der Waals surface area contributed by atoms with Crippen LogP contribution in [0.4, 0.5) is 0 Å². The lowest BCUT2D eigenvalue weighted by Gasteiger charge is -2.05. The predicted octanol–water partition coefficient (Wildman–Crippen LogP) is 3.16. The summed E-state index contributed by atoms with van der Waals surface area (Å²) < 4.78 is 1.06. The molecule has 0 bridgehead atoms. The van der Waals surface area contributed by atoms with Gasteiger partial charge in [0.25, 0.3) is 0 Å². The lowest BCUT2D eigenvalue weighted by Crippen LogP contribution is -2.06. The molecule has 1 N–H and O–H groups in total. The summed E-state index contributed by atoms with van der Waals surface area (Å²) in [6.45, 7) is 0. The van der Waals surface area contributed by atoms with Gasteiger partial charge in [0, 0.05) is 21.6 Å². The lowest BCUT2D eigenvalue weighted by molar-refractivity contribution is -0.109. The summed E-state index contributed by atoms with van der Waals surface area (Å²) in [4.78, 5) is 14.3. The first kappa shape index (κ1) is 9.16. The Morgan fingerprint density at radius 2 is 2.20 bits per heavy atom. The van der Waals surface area contributed by atoms with Crippen molar-refractivity contribution in [1.82, 2.24) is 4.98 Å². The first-order valence-electron chi connectivity index (χ1n) is 4.99. The van der Waals surface area contributed by atoms with E-state index in [0.717, 1.165) is 40.1 Å². The van der Waals surface area contributed by atoms with Gasteiger partial charge in [-0.25, -0.2) is 0 Å². The molecule has 1 aromatic heterocycles. The molecule has 2 nitrogen and oxygen atoms in total. The van der Waals surface area contributed by atoms with Crippen molar-refractivity contribution in [3.05, 3.63) is 34.4 Å². The van der Waals surface area contributed by atoms with Crippen molar-refractivity contribution in [2.45, 2.75) is 18.3 Å². The zero-order valence-corrected chi connectivity index (χ0v) is 9.67. The van der Waals surface area contributed by atoms with Crippen molar-refractivity contribution in [2.24, 2.45) is 0 Å². The largest absolute Gasteiger partial charge is 0.361 e. The number of aromatic amines is 1. The lowest BCUT2D eigenvalue weighted by atomic mass is 9.97. The van der Waals surface area contributed by atoms with Crippen LogP contribution in [0.15, 0.2) is 28.9 Å². The molecule has 3 heteroatoms. The predicted molar refractivity (Wildman–Crippen MR) is 63.0 cm³/mol. The van der Waals surface area contributed by atoms with Crippen LogP contribution in [0.2, 0.25) is 0 Å². The molecule has 76 valence electrons. The van der Waals surface area contributed by atoms with Crippen molar-refractivity contribution in [2.75, 3.05) is 0 Å². The summed E-state index contributed by atoms with van der Waals surface area (Å²) in [6, 6.07) is 6.04. The van der Waals surface area contributed by atoms with Gasteiger partial charge in [-0.2, -0.15) is 0 Å². The van der Waals surface area contributed by atoms with E-state index in [-0.39, 0.29) is 5.41 Å². The molecule has 0 atom stereocenters. The van der Waals surface area contributed by atoms with E-state index in [1.165, 1.54) is 0 Å². The van der Waals surface area contributed by atoms with Crippen LogP contribution >= 0.6 is 15.9 Å². The van der Waals surface area contributed by atoms with Gasteiger partial charge in [0.05, 0.1) is 5.41 Å². The molecular formula is C12H10BrNO. The Morgan fingerprint density at radius 3 is 2.87 bits per heavy atom. The number of benzene rings is 1. The summed E-state index contributed by atoms with van der Waals surface area (Å²) in [5.74, 6) is 0. The van der Waals surface area contributed by atoms with Crippen molar-refractivity contribution < 1.29 is 4.79 Å². The molecule has 1 heterocycles. The van der Waals surface area contributed by atoms with Crippen LogP contribution in [0.25, 0.3) is 10.9 Å².